The first-order valence-corrected chi connectivity index (χ1v) is 6.42. The number of rotatable bonds is 5. The minimum Gasteiger partial charge on any atom is -0.455 e. The summed E-state index contributed by atoms with van der Waals surface area (Å²) in [4.78, 5) is 0. The zero-order chi connectivity index (χ0) is 13.7. The molecule has 0 saturated carbocycles. The van der Waals surface area contributed by atoms with E-state index in [-0.39, 0.29) is 6.61 Å². The smallest absolute Gasteiger partial charge is 0.150 e. The lowest BCUT2D eigenvalue weighted by Crippen LogP contribution is -2.06. The van der Waals surface area contributed by atoms with Gasteiger partial charge >= 0.3 is 0 Å². The molecule has 0 aliphatic rings. The maximum atomic E-state index is 9.01. The van der Waals surface area contributed by atoms with E-state index >= 15 is 0 Å². The van der Waals surface area contributed by atoms with Crippen molar-refractivity contribution in [1.82, 2.24) is 5.32 Å². The van der Waals surface area contributed by atoms with Crippen LogP contribution in [0.25, 0.3) is 0 Å². The number of benzene rings is 2. The summed E-state index contributed by atoms with van der Waals surface area (Å²) in [5.41, 5.74) is 1.85. The Balaban J connectivity index is 2.26. The zero-order valence-electron chi connectivity index (χ0n) is 10.7. The normalized spacial score (nSPS) is 10.5. The molecule has 2 aromatic rings. The minimum atomic E-state index is 0.0252. The van der Waals surface area contributed by atoms with E-state index in [0.29, 0.717) is 23.1 Å². The number of aliphatic hydroxyl groups is 1. The fraction of sp³-hybridized carbons (Fsp3) is 0.200. The number of ether oxygens (including phenoxy) is 1. The highest BCUT2D eigenvalue weighted by Crippen LogP contribution is 2.33. The van der Waals surface area contributed by atoms with Gasteiger partial charge < -0.3 is 15.2 Å². The van der Waals surface area contributed by atoms with Crippen molar-refractivity contribution < 1.29 is 9.84 Å². The molecule has 2 aromatic carbocycles. The minimum absolute atomic E-state index is 0.0252. The van der Waals surface area contributed by atoms with Crippen molar-refractivity contribution in [3.8, 4) is 11.5 Å². The average Bonchev–Trinajstić information content (AvgIpc) is 2.44. The zero-order valence-corrected chi connectivity index (χ0v) is 11.4. The molecule has 2 N–H and O–H groups in total. The molecule has 0 aliphatic carbocycles. The van der Waals surface area contributed by atoms with Crippen molar-refractivity contribution in [2.24, 2.45) is 0 Å². The van der Waals surface area contributed by atoms with Crippen LogP contribution in [-0.4, -0.2) is 12.2 Å². The van der Waals surface area contributed by atoms with E-state index in [0.717, 1.165) is 11.1 Å². The first kappa shape index (κ1) is 13.9. The van der Waals surface area contributed by atoms with Crippen LogP contribution in [0.15, 0.2) is 42.5 Å². The van der Waals surface area contributed by atoms with Crippen LogP contribution < -0.4 is 10.1 Å². The van der Waals surface area contributed by atoms with Gasteiger partial charge in [0.1, 0.15) is 11.5 Å². The molecule has 0 spiro atoms. The second-order valence-corrected chi connectivity index (χ2v) is 4.57. The molecule has 3 nitrogen and oxygen atoms in total. The van der Waals surface area contributed by atoms with Crippen molar-refractivity contribution in [2.45, 2.75) is 13.2 Å². The van der Waals surface area contributed by atoms with E-state index in [4.69, 9.17) is 21.4 Å². The molecular formula is C15H16ClNO2. The molecule has 0 aliphatic heterocycles. The largest absolute Gasteiger partial charge is 0.455 e. The van der Waals surface area contributed by atoms with Gasteiger partial charge in [-0.3, -0.25) is 0 Å². The highest BCUT2D eigenvalue weighted by molar-refractivity contribution is 6.32. The molecule has 0 amide bonds. The Bertz CT molecular complexity index is 540. The van der Waals surface area contributed by atoms with E-state index in [1.165, 1.54) is 0 Å². The predicted molar refractivity (Wildman–Crippen MR) is 76.7 cm³/mol. The lowest BCUT2D eigenvalue weighted by atomic mass is 10.2. The van der Waals surface area contributed by atoms with E-state index in [1.54, 1.807) is 6.07 Å². The Hall–Kier alpha value is -1.55. The molecule has 0 saturated heterocycles. The fourth-order valence-electron chi connectivity index (χ4n) is 1.78. The lowest BCUT2D eigenvalue weighted by Gasteiger charge is -2.13. The quantitative estimate of drug-likeness (QED) is 0.881. The molecule has 0 bridgehead atoms. The molecule has 4 heteroatoms. The maximum Gasteiger partial charge on any atom is 0.150 e. The van der Waals surface area contributed by atoms with Gasteiger partial charge in [0, 0.05) is 12.1 Å². The van der Waals surface area contributed by atoms with Crippen LogP contribution in [-0.2, 0) is 13.2 Å². The highest BCUT2D eigenvalue weighted by atomic mass is 35.5. The third kappa shape index (κ3) is 3.47. The molecule has 100 valence electrons. The van der Waals surface area contributed by atoms with E-state index in [9.17, 15) is 0 Å². The second kappa shape index (κ2) is 6.57. The number of para-hydroxylation sites is 1. The molecule has 0 aromatic heterocycles. The summed E-state index contributed by atoms with van der Waals surface area (Å²) in [5.74, 6) is 1.36. The Labute approximate surface area is 117 Å². The van der Waals surface area contributed by atoms with Gasteiger partial charge in [0.15, 0.2) is 0 Å². The molecule has 0 radical (unpaired) electrons. The van der Waals surface area contributed by atoms with Gasteiger partial charge in [0.25, 0.3) is 0 Å². The summed E-state index contributed by atoms with van der Waals surface area (Å²) in [6, 6.07) is 13.0. The molecule has 19 heavy (non-hydrogen) atoms. The average molecular weight is 278 g/mol. The summed E-state index contributed by atoms with van der Waals surface area (Å²) in [7, 11) is 1.88. The van der Waals surface area contributed by atoms with Crippen LogP contribution in [0.1, 0.15) is 11.1 Å². The maximum absolute atomic E-state index is 9.01. The van der Waals surface area contributed by atoms with Gasteiger partial charge in [-0.1, -0.05) is 35.9 Å². The summed E-state index contributed by atoms with van der Waals surface area (Å²) >= 11 is 6.18. The SMILES string of the molecule is CNCc1cccc(Cl)c1Oc1ccc(CO)cc1. The Morgan fingerprint density at radius 1 is 1.16 bits per heavy atom. The van der Waals surface area contributed by atoms with Crippen LogP contribution in [0.5, 0.6) is 11.5 Å². The molecular weight excluding hydrogens is 262 g/mol. The standard InChI is InChI=1S/C15H16ClNO2/c1-17-9-12-3-2-4-14(16)15(12)19-13-7-5-11(10-18)6-8-13/h2-8,17-18H,9-10H2,1H3. The lowest BCUT2D eigenvalue weighted by molar-refractivity contribution is 0.281. The van der Waals surface area contributed by atoms with Crippen molar-refractivity contribution >= 4 is 11.6 Å². The number of hydrogen-bond donors (Lipinski definition) is 2. The summed E-state index contributed by atoms with van der Waals surface area (Å²) in [5, 5.41) is 12.7. The van der Waals surface area contributed by atoms with Crippen LogP contribution in [0.4, 0.5) is 0 Å². The molecule has 0 atom stereocenters. The Morgan fingerprint density at radius 2 is 1.89 bits per heavy atom. The van der Waals surface area contributed by atoms with Gasteiger partial charge in [0.2, 0.25) is 0 Å². The third-order valence-corrected chi connectivity index (χ3v) is 3.04. The topological polar surface area (TPSA) is 41.5 Å². The summed E-state index contributed by atoms with van der Waals surface area (Å²) in [6.45, 7) is 0.710. The van der Waals surface area contributed by atoms with Gasteiger partial charge in [-0.2, -0.15) is 0 Å². The van der Waals surface area contributed by atoms with Crippen molar-refractivity contribution in [3.05, 3.63) is 58.6 Å². The Kier molecular flexibility index (Phi) is 4.80. The van der Waals surface area contributed by atoms with Crippen LogP contribution in [0.2, 0.25) is 5.02 Å². The number of nitrogens with one attached hydrogen (secondary N) is 1. The van der Waals surface area contributed by atoms with Gasteiger partial charge in [-0.25, -0.2) is 0 Å². The van der Waals surface area contributed by atoms with E-state index in [2.05, 4.69) is 5.32 Å². The molecule has 2 rings (SSSR count). The fourth-order valence-corrected chi connectivity index (χ4v) is 2.01. The third-order valence-electron chi connectivity index (χ3n) is 2.74. The van der Waals surface area contributed by atoms with Gasteiger partial charge in [-0.15, -0.1) is 0 Å². The summed E-state index contributed by atoms with van der Waals surface area (Å²) < 4.78 is 5.84. The molecule has 0 unspecified atom stereocenters. The Morgan fingerprint density at radius 3 is 2.53 bits per heavy atom. The molecule has 0 heterocycles. The number of hydrogen-bond acceptors (Lipinski definition) is 3. The summed E-state index contributed by atoms with van der Waals surface area (Å²) in [6.07, 6.45) is 0. The number of halogens is 1. The monoisotopic (exact) mass is 277 g/mol. The number of aliphatic hydroxyl groups excluding tert-OH is 1. The van der Waals surface area contributed by atoms with Crippen molar-refractivity contribution in [1.29, 1.82) is 0 Å². The highest BCUT2D eigenvalue weighted by Gasteiger charge is 2.09. The van der Waals surface area contributed by atoms with Gasteiger partial charge in [-0.05, 0) is 30.8 Å². The van der Waals surface area contributed by atoms with Crippen molar-refractivity contribution in [2.75, 3.05) is 7.05 Å². The van der Waals surface area contributed by atoms with Crippen molar-refractivity contribution in [3.63, 3.8) is 0 Å². The van der Waals surface area contributed by atoms with Crippen LogP contribution in [0, 0.1) is 0 Å². The second-order valence-electron chi connectivity index (χ2n) is 4.16. The van der Waals surface area contributed by atoms with E-state index < -0.39 is 0 Å². The predicted octanol–water partition coefficient (Wildman–Crippen LogP) is 3.34. The van der Waals surface area contributed by atoms with E-state index in [1.807, 2.05) is 43.4 Å². The van der Waals surface area contributed by atoms with Gasteiger partial charge in [0.05, 0.1) is 11.6 Å². The van der Waals surface area contributed by atoms with Crippen LogP contribution >= 0.6 is 11.6 Å². The van der Waals surface area contributed by atoms with Crippen LogP contribution in [0.3, 0.4) is 0 Å². The first-order valence-electron chi connectivity index (χ1n) is 6.04. The first-order chi connectivity index (χ1) is 9.24. The molecule has 0 fully saturated rings.